The van der Waals surface area contributed by atoms with Gasteiger partial charge in [0.1, 0.15) is 11.5 Å². The van der Waals surface area contributed by atoms with Gasteiger partial charge in [-0.2, -0.15) is 0 Å². The summed E-state index contributed by atoms with van der Waals surface area (Å²) in [6.07, 6.45) is 2.47. The summed E-state index contributed by atoms with van der Waals surface area (Å²) in [5.74, 6) is -4.36. The molecule has 1 saturated carbocycles. The fourth-order valence-electron chi connectivity index (χ4n) is 8.14. The first-order valence-electron chi connectivity index (χ1n) is 14.3. The number of carbonyl (C=O) groups excluding carboxylic acids is 4. The van der Waals surface area contributed by atoms with E-state index >= 15 is 4.79 Å². The van der Waals surface area contributed by atoms with E-state index in [1.807, 2.05) is 36.4 Å². The summed E-state index contributed by atoms with van der Waals surface area (Å²) < 4.78 is 5.54. The highest BCUT2D eigenvalue weighted by molar-refractivity contribution is 6.32. The van der Waals surface area contributed by atoms with Crippen molar-refractivity contribution in [2.45, 2.75) is 24.2 Å². The summed E-state index contributed by atoms with van der Waals surface area (Å²) in [7, 11) is 3.01. The van der Waals surface area contributed by atoms with Crippen molar-refractivity contribution in [2.75, 3.05) is 19.1 Å². The molecular formula is C34H29ClN2O6. The molecular weight excluding hydrogens is 568 g/mol. The quantitative estimate of drug-likeness (QED) is 0.341. The van der Waals surface area contributed by atoms with Gasteiger partial charge in [-0.25, -0.2) is 4.90 Å². The molecule has 1 N–H and O–H groups in total. The Kier molecular flexibility index (Phi) is 6.25. The lowest BCUT2D eigenvalue weighted by molar-refractivity contribution is -0.138. The topological polar surface area (TPSA) is 104 Å². The molecule has 2 heterocycles. The highest BCUT2D eigenvalue weighted by Gasteiger charge is 2.70. The first-order valence-corrected chi connectivity index (χ1v) is 14.7. The Morgan fingerprint density at radius 1 is 0.907 bits per heavy atom. The summed E-state index contributed by atoms with van der Waals surface area (Å²) >= 11 is 6.33. The van der Waals surface area contributed by atoms with E-state index in [4.69, 9.17) is 16.3 Å². The van der Waals surface area contributed by atoms with Gasteiger partial charge in [0.05, 0.1) is 36.0 Å². The number of allylic oxidation sites excluding steroid dienone is 2. The van der Waals surface area contributed by atoms with Gasteiger partial charge >= 0.3 is 0 Å². The number of amides is 4. The van der Waals surface area contributed by atoms with Crippen LogP contribution in [0.5, 0.6) is 11.5 Å². The van der Waals surface area contributed by atoms with Crippen molar-refractivity contribution >= 4 is 40.9 Å². The zero-order valence-electron chi connectivity index (χ0n) is 23.6. The Labute approximate surface area is 253 Å². The second-order valence-corrected chi connectivity index (χ2v) is 12.2. The van der Waals surface area contributed by atoms with Gasteiger partial charge in [-0.1, -0.05) is 59.6 Å². The van der Waals surface area contributed by atoms with Crippen molar-refractivity contribution in [3.8, 4) is 11.5 Å². The maximum Gasteiger partial charge on any atom is 0.246 e. The van der Waals surface area contributed by atoms with Gasteiger partial charge in [-0.3, -0.25) is 24.1 Å². The molecule has 2 aliphatic carbocycles. The number of hydrogen-bond acceptors (Lipinski definition) is 6. The van der Waals surface area contributed by atoms with Crippen molar-refractivity contribution in [2.24, 2.45) is 23.7 Å². The average molecular weight is 597 g/mol. The fraction of sp³-hybridized carbons (Fsp3) is 0.294. The van der Waals surface area contributed by atoms with Crippen LogP contribution in [0.1, 0.15) is 29.9 Å². The number of likely N-dealkylation sites (tertiary alicyclic amines) is 1. The summed E-state index contributed by atoms with van der Waals surface area (Å²) in [4.78, 5) is 58.7. The van der Waals surface area contributed by atoms with E-state index in [1.165, 1.54) is 30.0 Å². The van der Waals surface area contributed by atoms with Crippen LogP contribution in [0.25, 0.3) is 0 Å². The van der Waals surface area contributed by atoms with Crippen LogP contribution in [0.15, 0.2) is 84.4 Å². The van der Waals surface area contributed by atoms with E-state index in [9.17, 15) is 19.5 Å². The van der Waals surface area contributed by atoms with E-state index in [2.05, 4.69) is 0 Å². The molecule has 4 amide bonds. The number of carbonyl (C=O) groups is 4. The number of rotatable bonds is 4. The molecule has 0 bridgehead atoms. The minimum Gasteiger partial charge on any atom is -0.508 e. The molecule has 4 aliphatic rings. The van der Waals surface area contributed by atoms with E-state index in [0.29, 0.717) is 34.0 Å². The Morgan fingerprint density at radius 2 is 1.67 bits per heavy atom. The van der Waals surface area contributed by atoms with Crippen molar-refractivity contribution in [3.63, 3.8) is 0 Å². The van der Waals surface area contributed by atoms with Crippen LogP contribution in [-0.4, -0.2) is 47.8 Å². The second kappa shape index (κ2) is 9.81. The van der Waals surface area contributed by atoms with Gasteiger partial charge < -0.3 is 9.84 Å². The Bertz CT molecular complexity index is 1740. The molecule has 3 aromatic carbocycles. The zero-order valence-corrected chi connectivity index (χ0v) is 24.3. The predicted octanol–water partition coefficient (Wildman–Crippen LogP) is 4.85. The molecule has 0 spiro atoms. The van der Waals surface area contributed by atoms with Gasteiger partial charge in [-0.05, 0) is 60.7 Å². The third-order valence-electron chi connectivity index (χ3n) is 9.93. The third kappa shape index (κ3) is 3.69. The van der Waals surface area contributed by atoms with Gasteiger partial charge in [-0.15, -0.1) is 0 Å². The zero-order chi connectivity index (χ0) is 30.2. The van der Waals surface area contributed by atoms with E-state index in [-0.39, 0.29) is 24.0 Å². The molecule has 8 nitrogen and oxygen atoms in total. The standard InChI is InChI=1S/C34H29ClN2O6/c1-36-30(39)23-13-12-22-24(28(23)32(36)41)17-26-31(40)37(20-10-6-9-19(35)15-20)33(42)34(26,18-7-4-3-5-8-18)29(22)25-16-21(43-2)11-14-27(25)38/h3-12,14-16,23-24,26,28-29,38H,13,17H2,1-2H3. The fourth-order valence-corrected chi connectivity index (χ4v) is 8.32. The number of anilines is 1. The largest absolute Gasteiger partial charge is 0.508 e. The number of benzene rings is 3. The third-order valence-corrected chi connectivity index (χ3v) is 10.2. The number of methoxy groups -OCH3 is 1. The smallest absolute Gasteiger partial charge is 0.246 e. The number of phenols is 1. The van der Waals surface area contributed by atoms with Crippen LogP contribution in [-0.2, 0) is 24.6 Å². The minimum atomic E-state index is -1.46. The summed E-state index contributed by atoms with van der Waals surface area (Å²) in [6.45, 7) is 0. The number of fused-ring (bicyclic) bond motifs is 4. The van der Waals surface area contributed by atoms with Crippen LogP contribution in [0.4, 0.5) is 5.69 Å². The molecule has 218 valence electrons. The molecule has 43 heavy (non-hydrogen) atoms. The highest BCUT2D eigenvalue weighted by Crippen LogP contribution is 2.65. The molecule has 3 fully saturated rings. The van der Waals surface area contributed by atoms with Crippen molar-refractivity contribution in [1.82, 2.24) is 4.90 Å². The second-order valence-electron chi connectivity index (χ2n) is 11.8. The molecule has 3 aromatic rings. The number of ether oxygens (including phenoxy) is 1. The van der Waals surface area contributed by atoms with Gasteiger partial charge in [0.25, 0.3) is 0 Å². The molecule has 0 aromatic heterocycles. The Morgan fingerprint density at radius 3 is 2.40 bits per heavy atom. The monoisotopic (exact) mass is 596 g/mol. The van der Waals surface area contributed by atoms with Gasteiger partial charge in [0.15, 0.2) is 0 Å². The minimum absolute atomic E-state index is 0.0593. The number of hydrogen-bond donors (Lipinski definition) is 1. The molecule has 7 rings (SSSR count). The molecule has 6 atom stereocenters. The van der Waals surface area contributed by atoms with E-state index < -0.39 is 46.8 Å². The molecule has 2 aliphatic heterocycles. The average Bonchev–Trinajstić information content (AvgIpc) is 3.38. The predicted molar refractivity (Wildman–Crippen MR) is 159 cm³/mol. The van der Waals surface area contributed by atoms with Crippen LogP contribution in [0, 0.1) is 23.7 Å². The molecule has 9 heteroatoms. The first kappa shape index (κ1) is 27.4. The maximum atomic E-state index is 15.1. The number of halogens is 1. The molecule has 6 unspecified atom stereocenters. The van der Waals surface area contributed by atoms with Crippen LogP contribution in [0.2, 0.25) is 5.02 Å². The van der Waals surface area contributed by atoms with Crippen LogP contribution in [0.3, 0.4) is 0 Å². The Balaban J connectivity index is 1.54. The highest BCUT2D eigenvalue weighted by atomic mass is 35.5. The maximum absolute atomic E-state index is 15.1. The van der Waals surface area contributed by atoms with E-state index in [1.54, 1.807) is 36.4 Å². The van der Waals surface area contributed by atoms with Crippen LogP contribution < -0.4 is 9.64 Å². The van der Waals surface area contributed by atoms with Crippen LogP contribution >= 0.6 is 11.6 Å². The number of nitrogens with zero attached hydrogens (tertiary/aromatic N) is 2. The van der Waals surface area contributed by atoms with Crippen molar-refractivity contribution in [1.29, 1.82) is 0 Å². The summed E-state index contributed by atoms with van der Waals surface area (Å²) in [5, 5.41) is 11.8. The first-order chi connectivity index (χ1) is 20.7. The summed E-state index contributed by atoms with van der Waals surface area (Å²) in [6, 6.07) is 20.7. The number of aromatic hydroxyl groups is 1. The Hall–Kier alpha value is -4.43. The van der Waals surface area contributed by atoms with Crippen molar-refractivity contribution in [3.05, 3.63) is 101 Å². The lowest BCUT2D eigenvalue weighted by atomic mass is 9.49. The van der Waals surface area contributed by atoms with Gasteiger partial charge in [0.2, 0.25) is 23.6 Å². The lowest BCUT2D eigenvalue weighted by Crippen LogP contribution is -2.53. The van der Waals surface area contributed by atoms with Gasteiger partial charge in [0, 0.05) is 23.6 Å². The molecule has 0 radical (unpaired) electrons. The van der Waals surface area contributed by atoms with Crippen molar-refractivity contribution < 1.29 is 29.0 Å². The number of imide groups is 2. The normalized spacial score (nSPS) is 29.7. The van der Waals surface area contributed by atoms with E-state index in [0.717, 1.165) is 5.57 Å². The molecule has 2 saturated heterocycles. The lowest BCUT2D eigenvalue weighted by Gasteiger charge is -2.50. The SMILES string of the molecule is COc1ccc(O)c(C2C3=CCC4C(=O)N(C)C(=O)C4C3CC3C(=O)N(c4cccc(Cl)c4)C(=O)C32c2ccccc2)c1. The number of phenolic OH excluding ortho intramolecular Hbond substituents is 1. The summed E-state index contributed by atoms with van der Waals surface area (Å²) in [5.41, 5.74) is 0.708.